The first-order chi connectivity index (χ1) is 10.8. The molecule has 0 aliphatic heterocycles. The summed E-state index contributed by atoms with van der Waals surface area (Å²) in [6.45, 7) is 7.67. The van der Waals surface area contributed by atoms with Crippen LogP contribution < -0.4 is 10.6 Å². The predicted molar refractivity (Wildman–Crippen MR) is 91.6 cm³/mol. The van der Waals surface area contributed by atoms with Crippen LogP contribution in [0.15, 0.2) is 0 Å². The molecule has 0 aromatic heterocycles. The maximum absolute atomic E-state index is 11.8. The highest BCUT2D eigenvalue weighted by Crippen LogP contribution is 2.48. The zero-order chi connectivity index (χ0) is 16.9. The van der Waals surface area contributed by atoms with Crippen LogP contribution in [0, 0.1) is 5.41 Å². The summed E-state index contributed by atoms with van der Waals surface area (Å²) in [5.74, 6) is 0. The Morgan fingerprint density at radius 2 is 1.74 bits per heavy atom. The maximum Gasteiger partial charge on any atom is 0.407 e. The second-order valence-electron chi connectivity index (χ2n) is 8.32. The van der Waals surface area contributed by atoms with E-state index in [1.54, 1.807) is 7.11 Å². The van der Waals surface area contributed by atoms with E-state index in [0.29, 0.717) is 11.5 Å². The Bertz CT molecular complexity index is 380. The smallest absolute Gasteiger partial charge is 0.407 e. The van der Waals surface area contributed by atoms with Gasteiger partial charge in [-0.2, -0.15) is 0 Å². The first-order valence-corrected chi connectivity index (χ1v) is 9.04. The molecule has 134 valence electrons. The van der Waals surface area contributed by atoms with Crippen LogP contribution >= 0.6 is 0 Å². The highest BCUT2D eigenvalue weighted by atomic mass is 16.6. The molecule has 0 bridgehead atoms. The van der Waals surface area contributed by atoms with Gasteiger partial charge < -0.3 is 20.1 Å². The van der Waals surface area contributed by atoms with Gasteiger partial charge in [0.25, 0.3) is 0 Å². The quantitative estimate of drug-likeness (QED) is 0.754. The molecule has 2 N–H and O–H groups in total. The molecule has 5 nitrogen and oxygen atoms in total. The lowest BCUT2D eigenvalue weighted by atomic mass is 9.90. The maximum atomic E-state index is 11.8. The van der Waals surface area contributed by atoms with Crippen LogP contribution in [0.2, 0.25) is 0 Å². The van der Waals surface area contributed by atoms with Crippen molar-refractivity contribution < 1.29 is 14.3 Å². The monoisotopic (exact) mass is 326 g/mol. The van der Waals surface area contributed by atoms with E-state index in [4.69, 9.17) is 9.47 Å². The molecule has 0 saturated heterocycles. The van der Waals surface area contributed by atoms with Crippen LogP contribution in [-0.2, 0) is 9.47 Å². The Labute approximate surface area is 140 Å². The van der Waals surface area contributed by atoms with Crippen LogP contribution in [0.1, 0.15) is 65.7 Å². The van der Waals surface area contributed by atoms with E-state index in [-0.39, 0.29) is 12.1 Å². The summed E-state index contributed by atoms with van der Waals surface area (Å²) in [5.41, 5.74) is 0.0747. The minimum Gasteiger partial charge on any atom is -0.444 e. The molecule has 2 saturated carbocycles. The highest BCUT2D eigenvalue weighted by Gasteiger charge is 2.42. The Hall–Kier alpha value is -0.810. The third kappa shape index (κ3) is 6.68. The van der Waals surface area contributed by atoms with E-state index >= 15 is 0 Å². The first kappa shape index (κ1) is 18.5. The van der Waals surface area contributed by atoms with Crippen LogP contribution in [-0.4, -0.2) is 44.0 Å². The van der Waals surface area contributed by atoms with Gasteiger partial charge in [-0.3, -0.25) is 0 Å². The van der Waals surface area contributed by atoms with E-state index in [9.17, 15) is 4.79 Å². The fourth-order valence-corrected chi connectivity index (χ4v) is 3.29. The second-order valence-corrected chi connectivity index (χ2v) is 8.32. The largest absolute Gasteiger partial charge is 0.444 e. The van der Waals surface area contributed by atoms with Crippen LogP contribution in [0.3, 0.4) is 0 Å². The molecule has 0 aromatic carbocycles. The number of methoxy groups -OCH3 is 1. The SMILES string of the molecule is COCCC1(CNC2CCC(NC(=O)OC(C)(C)C)CC2)CC1. The van der Waals surface area contributed by atoms with Crippen molar-refractivity contribution in [1.82, 2.24) is 10.6 Å². The number of alkyl carbamates (subject to hydrolysis) is 1. The molecular formula is C18H34N2O3. The summed E-state index contributed by atoms with van der Waals surface area (Å²) < 4.78 is 10.5. The van der Waals surface area contributed by atoms with Gasteiger partial charge in [0.1, 0.15) is 5.60 Å². The molecule has 0 unspecified atom stereocenters. The van der Waals surface area contributed by atoms with E-state index in [0.717, 1.165) is 38.8 Å². The third-order valence-electron chi connectivity index (χ3n) is 5.01. The van der Waals surface area contributed by atoms with Gasteiger partial charge in [-0.15, -0.1) is 0 Å². The van der Waals surface area contributed by atoms with Crippen molar-refractivity contribution in [3.05, 3.63) is 0 Å². The summed E-state index contributed by atoms with van der Waals surface area (Å²) in [7, 11) is 1.78. The molecular weight excluding hydrogens is 292 g/mol. The van der Waals surface area contributed by atoms with Crippen LogP contribution in [0.5, 0.6) is 0 Å². The molecule has 0 heterocycles. The Morgan fingerprint density at radius 1 is 1.13 bits per heavy atom. The molecule has 1 amide bonds. The third-order valence-corrected chi connectivity index (χ3v) is 5.01. The van der Waals surface area contributed by atoms with Crippen LogP contribution in [0.25, 0.3) is 0 Å². The standard InChI is InChI=1S/C18H34N2O3/c1-17(2,3)23-16(21)20-15-7-5-14(6-8-15)19-13-18(9-10-18)11-12-22-4/h14-15,19H,5-13H2,1-4H3,(H,20,21). The van der Waals surface area contributed by atoms with Crippen molar-refractivity contribution in [2.75, 3.05) is 20.3 Å². The zero-order valence-corrected chi connectivity index (χ0v) is 15.2. The molecule has 2 fully saturated rings. The minimum absolute atomic E-state index is 0.256. The van der Waals surface area contributed by atoms with E-state index < -0.39 is 5.60 Å². The average Bonchev–Trinajstić information content (AvgIpc) is 3.23. The number of hydrogen-bond acceptors (Lipinski definition) is 4. The number of ether oxygens (including phenoxy) is 2. The van der Waals surface area contributed by atoms with Crippen LogP contribution in [0.4, 0.5) is 4.79 Å². The molecule has 2 aliphatic carbocycles. The fraction of sp³-hybridized carbons (Fsp3) is 0.944. The zero-order valence-electron chi connectivity index (χ0n) is 15.2. The number of carbonyl (C=O) groups is 1. The van der Waals surface area contributed by atoms with Crippen molar-refractivity contribution in [2.45, 2.75) is 83.4 Å². The normalized spacial score (nSPS) is 26.6. The molecule has 0 atom stereocenters. The lowest BCUT2D eigenvalue weighted by molar-refractivity contribution is 0.0489. The highest BCUT2D eigenvalue weighted by molar-refractivity contribution is 5.68. The lowest BCUT2D eigenvalue weighted by Gasteiger charge is -2.31. The summed E-state index contributed by atoms with van der Waals surface area (Å²) in [6.07, 6.45) is 7.86. The first-order valence-electron chi connectivity index (χ1n) is 9.04. The molecule has 23 heavy (non-hydrogen) atoms. The predicted octanol–water partition coefficient (Wildman–Crippen LogP) is 3.23. The van der Waals surface area contributed by atoms with Crippen molar-refractivity contribution in [3.8, 4) is 0 Å². The number of amides is 1. The minimum atomic E-state index is -0.427. The van der Waals surface area contributed by atoms with E-state index in [1.807, 2.05) is 20.8 Å². The van der Waals surface area contributed by atoms with Gasteiger partial charge in [0.05, 0.1) is 0 Å². The van der Waals surface area contributed by atoms with Gasteiger partial charge in [0.2, 0.25) is 0 Å². The van der Waals surface area contributed by atoms with Gasteiger partial charge in [0, 0.05) is 32.3 Å². The molecule has 2 aliphatic rings. The average molecular weight is 326 g/mol. The summed E-state index contributed by atoms with van der Waals surface area (Å²) in [4.78, 5) is 11.8. The van der Waals surface area contributed by atoms with E-state index in [1.165, 1.54) is 19.3 Å². The number of hydrogen-bond donors (Lipinski definition) is 2. The Morgan fingerprint density at radius 3 is 2.26 bits per heavy atom. The van der Waals surface area contributed by atoms with Gasteiger partial charge in [-0.1, -0.05) is 0 Å². The molecule has 0 spiro atoms. The van der Waals surface area contributed by atoms with Gasteiger partial charge >= 0.3 is 6.09 Å². The van der Waals surface area contributed by atoms with Crippen molar-refractivity contribution in [3.63, 3.8) is 0 Å². The Kier molecular flexibility index (Phi) is 6.32. The molecule has 2 rings (SSSR count). The van der Waals surface area contributed by atoms with Gasteiger partial charge in [-0.05, 0) is 71.1 Å². The second kappa shape index (κ2) is 7.84. The number of nitrogens with one attached hydrogen (secondary N) is 2. The molecule has 5 heteroatoms. The topological polar surface area (TPSA) is 59.6 Å². The lowest BCUT2D eigenvalue weighted by Crippen LogP contribution is -2.44. The summed E-state index contributed by atoms with van der Waals surface area (Å²) in [6, 6.07) is 0.845. The van der Waals surface area contributed by atoms with Crippen molar-refractivity contribution in [1.29, 1.82) is 0 Å². The number of rotatable bonds is 7. The summed E-state index contributed by atoms with van der Waals surface area (Å²) in [5, 5.41) is 6.75. The van der Waals surface area contributed by atoms with Crippen molar-refractivity contribution in [2.24, 2.45) is 5.41 Å². The van der Waals surface area contributed by atoms with Crippen molar-refractivity contribution >= 4 is 6.09 Å². The van der Waals surface area contributed by atoms with Gasteiger partial charge in [0.15, 0.2) is 0 Å². The number of carbonyl (C=O) groups excluding carboxylic acids is 1. The molecule has 0 aromatic rings. The Balaban J connectivity index is 1.61. The molecule has 0 radical (unpaired) electrons. The van der Waals surface area contributed by atoms with Gasteiger partial charge in [-0.25, -0.2) is 4.79 Å². The summed E-state index contributed by atoms with van der Waals surface area (Å²) >= 11 is 0. The fourth-order valence-electron chi connectivity index (χ4n) is 3.29. The van der Waals surface area contributed by atoms with E-state index in [2.05, 4.69) is 10.6 Å².